The number of aromatic nitrogens is 2. The van der Waals surface area contributed by atoms with Crippen LogP contribution in [-0.4, -0.2) is 48.2 Å². The quantitative estimate of drug-likeness (QED) is 0.860. The molecule has 3 heterocycles. The van der Waals surface area contributed by atoms with E-state index in [1.807, 2.05) is 12.1 Å². The van der Waals surface area contributed by atoms with E-state index in [1.54, 1.807) is 24.7 Å². The van der Waals surface area contributed by atoms with Crippen molar-refractivity contribution < 1.29 is 9.53 Å². The molecule has 0 aromatic carbocycles. The third-order valence-corrected chi connectivity index (χ3v) is 4.88. The van der Waals surface area contributed by atoms with Crippen molar-refractivity contribution >= 4 is 23.1 Å². The Morgan fingerprint density at radius 2 is 2.04 bits per heavy atom. The summed E-state index contributed by atoms with van der Waals surface area (Å²) < 4.78 is 5.41. The molecular weight excluding hydrogens is 330 g/mol. The van der Waals surface area contributed by atoms with Gasteiger partial charge in [-0.3, -0.25) is 9.78 Å². The van der Waals surface area contributed by atoms with Crippen LogP contribution in [0.4, 0.5) is 17.2 Å². The first-order chi connectivity index (χ1) is 12.8. The van der Waals surface area contributed by atoms with E-state index in [0.29, 0.717) is 24.8 Å². The molecule has 2 fully saturated rings. The van der Waals surface area contributed by atoms with E-state index < -0.39 is 0 Å². The molecule has 0 unspecified atom stereocenters. The molecule has 2 N–H and O–H groups in total. The van der Waals surface area contributed by atoms with Crippen LogP contribution >= 0.6 is 0 Å². The third kappa shape index (κ3) is 3.77. The fourth-order valence-electron chi connectivity index (χ4n) is 3.15. The van der Waals surface area contributed by atoms with Crippen LogP contribution in [0.3, 0.4) is 0 Å². The first-order valence-electron chi connectivity index (χ1n) is 9.10. The maximum Gasteiger partial charge on any atom is 0.255 e. The second-order valence-corrected chi connectivity index (χ2v) is 6.65. The van der Waals surface area contributed by atoms with Crippen LogP contribution in [0.1, 0.15) is 29.6 Å². The van der Waals surface area contributed by atoms with Crippen LogP contribution < -0.4 is 15.5 Å². The van der Waals surface area contributed by atoms with Gasteiger partial charge in [0.1, 0.15) is 5.82 Å². The van der Waals surface area contributed by atoms with Crippen LogP contribution in [0.5, 0.6) is 0 Å². The van der Waals surface area contributed by atoms with Gasteiger partial charge < -0.3 is 20.3 Å². The molecule has 26 heavy (non-hydrogen) atoms. The van der Waals surface area contributed by atoms with Gasteiger partial charge in [-0.15, -0.1) is 0 Å². The minimum absolute atomic E-state index is 0.148. The first-order valence-corrected chi connectivity index (χ1v) is 9.10. The lowest BCUT2D eigenvalue weighted by Gasteiger charge is -2.30. The summed E-state index contributed by atoms with van der Waals surface area (Å²) in [4.78, 5) is 23.5. The molecule has 1 aliphatic carbocycles. The molecule has 2 aromatic rings. The zero-order chi connectivity index (χ0) is 17.8. The van der Waals surface area contributed by atoms with Crippen molar-refractivity contribution in [3.63, 3.8) is 0 Å². The average molecular weight is 353 g/mol. The Bertz CT molecular complexity index is 772. The van der Waals surface area contributed by atoms with Crippen LogP contribution in [-0.2, 0) is 4.74 Å². The molecule has 2 aliphatic rings. The molecule has 1 aliphatic heterocycles. The number of hydrogen-bond donors (Lipinski definition) is 2. The highest BCUT2D eigenvalue weighted by Gasteiger charge is 2.19. The zero-order valence-electron chi connectivity index (χ0n) is 14.6. The van der Waals surface area contributed by atoms with Crippen molar-refractivity contribution in [2.75, 3.05) is 41.8 Å². The van der Waals surface area contributed by atoms with Gasteiger partial charge in [0.2, 0.25) is 0 Å². The summed E-state index contributed by atoms with van der Waals surface area (Å²) in [5, 5.41) is 6.39. The highest BCUT2D eigenvalue weighted by molar-refractivity contribution is 6.06. The standard InChI is InChI=1S/C19H23N5O2/c25-19(14-4-7-21-18(12-14)22-15-2-1-3-15)23-16-5-6-20-13-17(16)24-8-10-26-11-9-24/h4-7,12-13,15H,1-3,8-11H2,(H,21,22)(H,20,23,25). The van der Waals surface area contributed by atoms with Crippen LogP contribution in [0.15, 0.2) is 36.8 Å². The van der Waals surface area contributed by atoms with E-state index >= 15 is 0 Å². The summed E-state index contributed by atoms with van der Waals surface area (Å²) >= 11 is 0. The molecule has 0 atom stereocenters. The van der Waals surface area contributed by atoms with Gasteiger partial charge >= 0.3 is 0 Å². The van der Waals surface area contributed by atoms with Crippen LogP contribution in [0.25, 0.3) is 0 Å². The molecule has 7 nitrogen and oxygen atoms in total. The van der Waals surface area contributed by atoms with Crippen molar-refractivity contribution in [1.82, 2.24) is 9.97 Å². The Morgan fingerprint density at radius 3 is 2.81 bits per heavy atom. The summed E-state index contributed by atoms with van der Waals surface area (Å²) in [6.45, 7) is 2.95. The molecule has 2 aromatic heterocycles. The normalized spacial score (nSPS) is 17.5. The van der Waals surface area contributed by atoms with Crippen molar-refractivity contribution in [2.45, 2.75) is 25.3 Å². The number of rotatable bonds is 5. The first kappa shape index (κ1) is 16.8. The SMILES string of the molecule is O=C(Nc1ccncc1N1CCOCC1)c1ccnc(NC2CCC2)c1. The minimum Gasteiger partial charge on any atom is -0.378 e. The summed E-state index contributed by atoms with van der Waals surface area (Å²) in [6.07, 6.45) is 8.73. The average Bonchev–Trinajstić information content (AvgIpc) is 2.66. The number of nitrogens with one attached hydrogen (secondary N) is 2. The predicted molar refractivity (Wildman–Crippen MR) is 101 cm³/mol. The number of carbonyl (C=O) groups is 1. The topological polar surface area (TPSA) is 79.4 Å². The lowest BCUT2D eigenvalue weighted by molar-refractivity contribution is 0.102. The maximum absolute atomic E-state index is 12.7. The maximum atomic E-state index is 12.7. The van der Waals surface area contributed by atoms with Crippen LogP contribution in [0, 0.1) is 0 Å². The van der Waals surface area contributed by atoms with Gasteiger partial charge in [0.25, 0.3) is 5.91 Å². The molecule has 1 saturated heterocycles. The van der Waals surface area contributed by atoms with E-state index in [2.05, 4.69) is 25.5 Å². The number of ether oxygens (including phenoxy) is 1. The van der Waals surface area contributed by atoms with E-state index in [4.69, 9.17) is 4.74 Å². The number of nitrogens with zero attached hydrogens (tertiary/aromatic N) is 3. The van der Waals surface area contributed by atoms with Crippen molar-refractivity contribution in [3.05, 3.63) is 42.4 Å². The smallest absolute Gasteiger partial charge is 0.255 e. The van der Waals surface area contributed by atoms with Crippen molar-refractivity contribution in [3.8, 4) is 0 Å². The van der Waals surface area contributed by atoms with Gasteiger partial charge in [-0.1, -0.05) is 0 Å². The van der Waals surface area contributed by atoms with Gasteiger partial charge in [0, 0.05) is 37.1 Å². The monoisotopic (exact) mass is 353 g/mol. The fraction of sp³-hybridized carbons (Fsp3) is 0.421. The predicted octanol–water partition coefficient (Wildman–Crippen LogP) is 2.53. The number of anilines is 3. The van der Waals surface area contributed by atoms with Gasteiger partial charge in [0.15, 0.2) is 0 Å². The molecule has 1 saturated carbocycles. The third-order valence-electron chi connectivity index (χ3n) is 4.88. The number of morpholine rings is 1. The summed E-state index contributed by atoms with van der Waals surface area (Å²) in [5.74, 6) is 0.607. The van der Waals surface area contributed by atoms with E-state index in [-0.39, 0.29) is 5.91 Å². The zero-order valence-corrected chi connectivity index (χ0v) is 14.6. The Labute approximate surface area is 152 Å². The number of hydrogen-bond acceptors (Lipinski definition) is 6. The molecule has 0 spiro atoms. The fourth-order valence-corrected chi connectivity index (χ4v) is 3.15. The lowest BCUT2D eigenvalue weighted by Crippen LogP contribution is -2.36. The Kier molecular flexibility index (Phi) is 4.97. The molecule has 7 heteroatoms. The Hall–Kier alpha value is -2.67. The van der Waals surface area contributed by atoms with Gasteiger partial charge in [-0.25, -0.2) is 4.98 Å². The largest absolute Gasteiger partial charge is 0.378 e. The van der Waals surface area contributed by atoms with Crippen LogP contribution in [0.2, 0.25) is 0 Å². The summed E-state index contributed by atoms with van der Waals surface area (Å²) in [7, 11) is 0. The highest BCUT2D eigenvalue weighted by atomic mass is 16.5. The van der Waals surface area contributed by atoms with Crippen molar-refractivity contribution in [1.29, 1.82) is 0 Å². The van der Waals surface area contributed by atoms with Gasteiger partial charge in [0.05, 0.1) is 30.8 Å². The second kappa shape index (κ2) is 7.70. The summed E-state index contributed by atoms with van der Waals surface area (Å²) in [6, 6.07) is 5.85. The van der Waals surface area contributed by atoms with Crippen molar-refractivity contribution in [2.24, 2.45) is 0 Å². The Balaban J connectivity index is 1.48. The Morgan fingerprint density at radius 1 is 1.19 bits per heavy atom. The highest BCUT2D eigenvalue weighted by Crippen LogP contribution is 2.26. The van der Waals surface area contributed by atoms with Gasteiger partial charge in [-0.2, -0.15) is 0 Å². The van der Waals surface area contributed by atoms with E-state index in [0.717, 1.165) is 43.1 Å². The molecule has 136 valence electrons. The molecule has 1 amide bonds. The number of carbonyl (C=O) groups excluding carboxylic acids is 1. The second-order valence-electron chi connectivity index (χ2n) is 6.65. The molecule has 4 rings (SSSR count). The molecule has 0 radical (unpaired) electrons. The molecular formula is C19H23N5O2. The molecule has 0 bridgehead atoms. The minimum atomic E-state index is -0.148. The van der Waals surface area contributed by atoms with E-state index in [1.165, 1.54) is 6.42 Å². The van der Waals surface area contributed by atoms with Gasteiger partial charge in [-0.05, 0) is 37.5 Å². The number of pyridine rings is 2. The lowest BCUT2D eigenvalue weighted by atomic mass is 9.93. The number of amides is 1. The summed E-state index contributed by atoms with van der Waals surface area (Å²) in [5.41, 5.74) is 2.27. The van der Waals surface area contributed by atoms with E-state index in [9.17, 15) is 4.79 Å².